The smallest absolute Gasteiger partial charge is 0.256 e. The van der Waals surface area contributed by atoms with Gasteiger partial charge in [-0.15, -0.1) is 0 Å². The maximum absolute atomic E-state index is 12.9. The van der Waals surface area contributed by atoms with Crippen LogP contribution < -0.4 is 10.3 Å². The number of H-pyrrole nitrogens is 2. The van der Waals surface area contributed by atoms with Gasteiger partial charge in [0.05, 0.1) is 12.1 Å². The Balaban J connectivity index is 1.47. The number of pyridine rings is 1. The Morgan fingerprint density at radius 3 is 2.57 bits per heavy atom. The number of rotatable bonds is 5. The second kappa shape index (κ2) is 7.56. The molecule has 0 aliphatic heterocycles. The summed E-state index contributed by atoms with van der Waals surface area (Å²) >= 11 is 0. The van der Waals surface area contributed by atoms with Crippen LogP contribution in [0.4, 0.5) is 0 Å². The number of para-hydroxylation sites is 1. The molecule has 0 bridgehead atoms. The van der Waals surface area contributed by atoms with Gasteiger partial charge in [0.25, 0.3) is 5.56 Å². The number of ether oxygens (including phenoxy) is 1. The molecule has 4 heteroatoms. The number of nitrogens with one attached hydrogen (secondary N) is 2. The topological polar surface area (TPSA) is 57.9 Å². The number of aromatic amines is 2. The van der Waals surface area contributed by atoms with Crippen molar-refractivity contribution >= 4 is 21.8 Å². The number of fused-ring (bicyclic) bond motifs is 2. The first-order valence-electron chi connectivity index (χ1n) is 10.1. The highest BCUT2D eigenvalue weighted by molar-refractivity contribution is 5.97. The number of aromatic nitrogens is 2. The van der Waals surface area contributed by atoms with Crippen LogP contribution in [-0.4, -0.2) is 16.6 Å². The summed E-state index contributed by atoms with van der Waals surface area (Å²) in [7, 11) is 0. The summed E-state index contributed by atoms with van der Waals surface area (Å²) in [6, 6.07) is 24.2. The molecule has 0 aliphatic rings. The summed E-state index contributed by atoms with van der Waals surface area (Å²) in [5, 5.41) is 2.03. The molecule has 0 radical (unpaired) electrons. The van der Waals surface area contributed by atoms with Crippen LogP contribution in [0.2, 0.25) is 0 Å². The van der Waals surface area contributed by atoms with Gasteiger partial charge in [0.15, 0.2) is 0 Å². The molecule has 0 saturated heterocycles. The van der Waals surface area contributed by atoms with Crippen molar-refractivity contribution in [2.75, 3.05) is 6.61 Å². The lowest BCUT2D eigenvalue weighted by Crippen LogP contribution is -2.10. The molecule has 5 aromatic rings. The van der Waals surface area contributed by atoms with E-state index in [4.69, 9.17) is 4.74 Å². The normalized spacial score (nSPS) is 11.2. The Kier molecular flexibility index (Phi) is 4.60. The zero-order chi connectivity index (χ0) is 20.5. The zero-order valence-corrected chi connectivity index (χ0v) is 16.7. The lowest BCUT2D eigenvalue weighted by atomic mass is 10.0. The van der Waals surface area contributed by atoms with E-state index in [1.54, 1.807) is 0 Å². The van der Waals surface area contributed by atoms with Crippen molar-refractivity contribution in [3.8, 4) is 16.9 Å². The van der Waals surface area contributed by atoms with E-state index in [1.165, 1.54) is 5.56 Å². The Labute approximate surface area is 174 Å². The fourth-order valence-electron chi connectivity index (χ4n) is 3.98. The standard InChI is InChI=1S/C26H22N2O2/c1-17-24(30-14-13-18-7-3-2-4-8-18)12-11-19-15-21(26(29)28-25(17)19)22-16-27-23-10-6-5-9-20(22)23/h2-12,15-16,27H,13-14H2,1H3,(H,28,29). The van der Waals surface area contributed by atoms with Gasteiger partial charge in [-0.1, -0.05) is 48.5 Å². The van der Waals surface area contributed by atoms with Crippen molar-refractivity contribution in [1.82, 2.24) is 9.97 Å². The number of hydrogen-bond donors (Lipinski definition) is 2. The highest BCUT2D eigenvalue weighted by Crippen LogP contribution is 2.30. The second-order valence-corrected chi connectivity index (χ2v) is 7.50. The second-order valence-electron chi connectivity index (χ2n) is 7.50. The van der Waals surface area contributed by atoms with Gasteiger partial charge in [0, 0.05) is 40.2 Å². The molecule has 2 N–H and O–H groups in total. The van der Waals surface area contributed by atoms with Crippen molar-refractivity contribution in [2.45, 2.75) is 13.3 Å². The predicted molar refractivity (Wildman–Crippen MR) is 122 cm³/mol. The monoisotopic (exact) mass is 394 g/mol. The minimum absolute atomic E-state index is 0.100. The van der Waals surface area contributed by atoms with E-state index >= 15 is 0 Å². The molecule has 2 aromatic heterocycles. The molecule has 0 spiro atoms. The quantitative estimate of drug-likeness (QED) is 0.407. The highest BCUT2D eigenvalue weighted by Gasteiger charge is 2.13. The van der Waals surface area contributed by atoms with E-state index in [9.17, 15) is 4.79 Å². The van der Waals surface area contributed by atoms with Crippen LogP contribution >= 0.6 is 0 Å². The molecule has 0 unspecified atom stereocenters. The van der Waals surface area contributed by atoms with E-state index in [-0.39, 0.29) is 5.56 Å². The van der Waals surface area contributed by atoms with Crippen molar-refractivity contribution in [1.29, 1.82) is 0 Å². The summed E-state index contributed by atoms with van der Waals surface area (Å²) in [4.78, 5) is 19.3. The molecule has 2 heterocycles. The maximum Gasteiger partial charge on any atom is 0.256 e. The molecule has 148 valence electrons. The maximum atomic E-state index is 12.9. The summed E-state index contributed by atoms with van der Waals surface area (Å²) < 4.78 is 6.02. The third-order valence-electron chi connectivity index (χ3n) is 5.60. The fourth-order valence-corrected chi connectivity index (χ4v) is 3.98. The SMILES string of the molecule is Cc1c(OCCc2ccccc2)ccc2cc(-c3c[nH]c4ccccc34)c(=O)[nH]c12. The molecule has 0 saturated carbocycles. The summed E-state index contributed by atoms with van der Waals surface area (Å²) in [5.74, 6) is 0.800. The van der Waals surface area contributed by atoms with Crippen molar-refractivity contribution in [2.24, 2.45) is 0 Å². The number of benzene rings is 3. The summed E-state index contributed by atoms with van der Waals surface area (Å²) in [6.45, 7) is 2.58. The molecule has 0 atom stereocenters. The summed E-state index contributed by atoms with van der Waals surface area (Å²) in [5.41, 5.74) is 5.51. The number of hydrogen-bond acceptors (Lipinski definition) is 2. The minimum atomic E-state index is -0.100. The largest absolute Gasteiger partial charge is 0.493 e. The van der Waals surface area contributed by atoms with Crippen LogP contribution in [0.15, 0.2) is 83.8 Å². The Hall–Kier alpha value is -3.79. The fraction of sp³-hybridized carbons (Fsp3) is 0.115. The van der Waals surface area contributed by atoms with Gasteiger partial charge < -0.3 is 14.7 Å². The zero-order valence-electron chi connectivity index (χ0n) is 16.7. The Morgan fingerprint density at radius 2 is 1.70 bits per heavy atom. The van der Waals surface area contributed by atoms with Gasteiger partial charge >= 0.3 is 0 Å². The van der Waals surface area contributed by atoms with E-state index in [2.05, 4.69) is 22.1 Å². The third-order valence-corrected chi connectivity index (χ3v) is 5.60. The summed E-state index contributed by atoms with van der Waals surface area (Å²) in [6.07, 6.45) is 2.74. The van der Waals surface area contributed by atoms with E-state index in [1.807, 2.05) is 73.8 Å². The average Bonchev–Trinajstić information content (AvgIpc) is 3.20. The van der Waals surface area contributed by atoms with Gasteiger partial charge in [-0.25, -0.2) is 0 Å². The van der Waals surface area contributed by atoms with Gasteiger partial charge in [0.2, 0.25) is 0 Å². The van der Waals surface area contributed by atoms with Crippen LogP contribution in [0.3, 0.4) is 0 Å². The van der Waals surface area contributed by atoms with Crippen molar-refractivity contribution in [3.05, 3.63) is 100 Å². The van der Waals surface area contributed by atoms with Crippen molar-refractivity contribution < 1.29 is 4.74 Å². The first-order chi connectivity index (χ1) is 14.7. The highest BCUT2D eigenvalue weighted by atomic mass is 16.5. The Morgan fingerprint density at radius 1 is 0.900 bits per heavy atom. The first kappa shape index (κ1) is 18.3. The van der Waals surface area contributed by atoms with Crippen LogP contribution in [0.25, 0.3) is 32.9 Å². The lowest BCUT2D eigenvalue weighted by molar-refractivity contribution is 0.320. The molecular weight excluding hydrogens is 372 g/mol. The lowest BCUT2D eigenvalue weighted by Gasteiger charge is -2.12. The van der Waals surface area contributed by atoms with Crippen LogP contribution in [0.5, 0.6) is 5.75 Å². The third kappa shape index (κ3) is 3.26. The molecule has 30 heavy (non-hydrogen) atoms. The predicted octanol–water partition coefficient (Wildman–Crippen LogP) is 5.61. The molecule has 5 rings (SSSR count). The van der Waals surface area contributed by atoms with Crippen molar-refractivity contribution in [3.63, 3.8) is 0 Å². The molecule has 0 amide bonds. The molecule has 0 aliphatic carbocycles. The average molecular weight is 394 g/mol. The van der Waals surface area contributed by atoms with E-state index in [0.29, 0.717) is 12.2 Å². The van der Waals surface area contributed by atoms with Crippen LogP contribution in [-0.2, 0) is 6.42 Å². The van der Waals surface area contributed by atoms with Crippen LogP contribution in [0, 0.1) is 6.92 Å². The van der Waals surface area contributed by atoms with E-state index in [0.717, 1.165) is 45.1 Å². The van der Waals surface area contributed by atoms with Gasteiger partial charge in [-0.3, -0.25) is 4.79 Å². The first-order valence-corrected chi connectivity index (χ1v) is 10.1. The number of aryl methyl sites for hydroxylation is 1. The molecule has 0 fully saturated rings. The minimum Gasteiger partial charge on any atom is -0.493 e. The van der Waals surface area contributed by atoms with Gasteiger partial charge in [-0.2, -0.15) is 0 Å². The molecule has 4 nitrogen and oxygen atoms in total. The molecule has 3 aromatic carbocycles. The van der Waals surface area contributed by atoms with E-state index < -0.39 is 0 Å². The van der Waals surface area contributed by atoms with Gasteiger partial charge in [0.1, 0.15) is 5.75 Å². The van der Waals surface area contributed by atoms with Crippen LogP contribution in [0.1, 0.15) is 11.1 Å². The Bertz CT molecular complexity index is 1400. The van der Waals surface area contributed by atoms with Gasteiger partial charge in [-0.05, 0) is 42.1 Å². The molecular formula is C26H22N2O2.